The molecule has 1 aliphatic carbocycles. The lowest BCUT2D eigenvalue weighted by Gasteiger charge is -2.32. The fourth-order valence-electron chi connectivity index (χ4n) is 3.59. The van der Waals surface area contributed by atoms with Crippen LogP contribution in [0.3, 0.4) is 0 Å². The Kier molecular flexibility index (Phi) is 5.32. The third-order valence-electron chi connectivity index (χ3n) is 5.64. The van der Waals surface area contributed by atoms with Crippen LogP contribution >= 0.6 is 0 Å². The summed E-state index contributed by atoms with van der Waals surface area (Å²) in [5, 5.41) is 2.96. The van der Waals surface area contributed by atoms with E-state index in [1.54, 1.807) is 12.4 Å². The Balaban J connectivity index is 1.32. The van der Waals surface area contributed by atoms with Crippen LogP contribution in [0.5, 0.6) is 0 Å². The molecule has 2 aromatic heterocycles. The van der Waals surface area contributed by atoms with Crippen molar-refractivity contribution in [1.29, 1.82) is 0 Å². The van der Waals surface area contributed by atoms with Crippen molar-refractivity contribution < 1.29 is 9.59 Å². The van der Waals surface area contributed by atoms with Gasteiger partial charge in [0.1, 0.15) is 6.33 Å². The number of hydrogen-bond donors (Lipinski definition) is 1. The van der Waals surface area contributed by atoms with Gasteiger partial charge in [0.25, 0.3) is 11.8 Å². The molecule has 1 N–H and O–H groups in total. The van der Waals surface area contributed by atoms with Crippen LogP contribution in [0.4, 0.5) is 0 Å². The highest BCUT2D eigenvalue weighted by atomic mass is 16.2. The number of aryl methyl sites for hydroxylation is 1. The van der Waals surface area contributed by atoms with E-state index in [2.05, 4.69) is 20.3 Å². The summed E-state index contributed by atoms with van der Waals surface area (Å²) in [6.07, 6.45) is 8.87. The second-order valence-corrected chi connectivity index (χ2v) is 7.71. The van der Waals surface area contributed by atoms with Crippen LogP contribution in [0.2, 0.25) is 0 Å². The third-order valence-corrected chi connectivity index (χ3v) is 5.64. The first-order valence-electron chi connectivity index (χ1n) is 9.92. The lowest BCUT2D eigenvalue weighted by atomic mass is 9.92. The number of piperidine rings is 1. The van der Waals surface area contributed by atoms with Crippen molar-refractivity contribution in [2.45, 2.75) is 38.5 Å². The van der Waals surface area contributed by atoms with E-state index in [0.29, 0.717) is 41.7 Å². The third kappa shape index (κ3) is 4.18. The molecule has 7 heteroatoms. The van der Waals surface area contributed by atoms with Crippen LogP contribution in [0.1, 0.15) is 63.7 Å². The number of aromatic nitrogens is 3. The predicted molar refractivity (Wildman–Crippen MR) is 104 cm³/mol. The van der Waals surface area contributed by atoms with Crippen molar-refractivity contribution in [1.82, 2.24) is 25.2 Å². The fourth-order valence-corrected chi connectivity index (χ4v) is 3.59. The SMILES string of the molecule is Cc1ncncc1C(=O)N1CCC(c2ccc(C(=O)NCC3CC3)cn2)CC1. The topological polar surface area (TPSA) is 88.1 Å². The molecule has 0 spiro atoms. The van der Waals surface area contributed by atoms with E-state index in [9.17, 15) is 9.59 Å². The number of nitrogens with zero attached hydrogens (tertiary/aromatic N) is 4. The highest BCUT2D eigenvalue weighted by Gasteiger charge is 2.27. The number of rotatable bonds is 5. The molecule has 2 aliphatic rings. The van der Waals surface area contributed by atoms with Gasteiger partial charge in [-0.1, -0.05) is 0 Å². The second kappa shape index (κ2) is 8.04. The Morgan fingerprint density at radius 1 is 1.11 bits per heavy atom. The molecule has 0 atom stereocenters. The van der Waals surface area contributed by atoms with Gasteiger partial charge in [0.15, 0.2) is 0 Å². The van der Waals surface area contributed by atoms with Crippen LogP contribution in [0.25, 0.3) is 0 Å². The Labute approximate surface area is 164 Å². The minimum absolute atomic E-state index is 0.00723. The fraction of sp³-hybridized carbons (Fsp3) is 0.476. The van der Waals surface area contributed by atoms with E-state index in [1.165, 1.54) is 19.2 Å². The molecule has 146 valence electrons. The molecule has 1 aliphatic heterocycles. The Morgan fingerprint density at radius 2 is 1.89 bits per heavy atom. The molecule has 0 unspecified atom stereocenters. The maximum atomic E-state index is 12.7. The first-order chi connectivity index (χ1) is 13.6. The molecule has 4 rings (SSSR count). The molecule has 1 saturated carbocycles. The van der Waals surface area contributed by atoms with Crippen LogP contribution in [-0.2, 0) is 0 Å². The zero-order valence-corrected chi connectivity index (χ0v) is 16.1. The number of likely N-dealkylation sites (tertiary alicyclic amines) is 1. The number of nitrogens with one attached hydrogen (secondary N) is 1. The average molecular weight is 379 g/mol. The van der Waals surface area contributed by atoms with Gasteiger partial charge in [0, 0.05) is 43.6 Å². The summed E-state index contributed by atoms with van der Waals surface area (Å²) in [7, 11) is 0. The molecule has 0 aromatic carbocycles. The van der Waals surface area contributed by atoms with Crippen LogP contribution in [0, 0.1) is 12.8 Å². The lowest BCUT2D eigenvalue weighted by Crippen LogP contribution is -2.38. The molecule has 28 heavy (non-hydrogen) atoms. The van der Waals surface area contributed by atoms with E-state index >= 15 is 0 Å². The summed E-state index contributed by atoms with van der Waals surface area (Å²) in [6.45, 7) is 3.96. The summed E-state index contributed by atoms with van der Waals surface area (Å²) < 4.78 is 0. The van der Waals surface area contributed by atoms with E-state index in [1.807, 2.05) is 24.0 Å². The van der Waals surface area contributed by atoms with Crippen LogP contribution in [0.15, 0.2) is 30.9 Å². The minimum Gasteiger partial charge on any atom is -0.352 e. The zero-order valence-electron chi connectivity index (χ0n) is 16.1. The van der Waals surface area contributed by atoms with Gasteiger partial charge in [0.2, 0.25) is 0 Å². The van der Waals surface area contributed by atoms with Crippen molar-refractivity contribution in [3.63, 3.8) is 0 Å². The van der Waals surface area contributed by atoms with Gasteiger partial charge in [-0.25, -0.2) is 9.97 Å². The molecular formula is C21H25N5O2. The molecule has 1 saturated heterocycles. The van der Waals surface area contributed by atoms with Gasteiger partial charge in [-0.05, 0) is 50.7 Å². The summed E-state index contributed by atoms with van der Waals surface area (Å²) in [4.78, 5) is 39.3. The normalized spacial score (nSPS) is 17.4. The number of pyridine rings is 1. The van der Waals surface area contributed by atoms with Crippen molar-refractivity contribution in [2.24, 2.45) is 5.92 Å². The number of amides is 2. The van der Waals surface area contributed by atoms with Crippen LogP contribution in [-0.4, -0.2) is 51.3 Å². The Morgan fingerprint density at radius 3 is 2.54 bits per heavy atom. The molecule has 2 amide bonds. The lowest BCUT2D eigenvalue weighted by molar-refractivity contribution is 0.0710. The van der Waals surface area contributed by atoms with E-state index in [-0.39, 0.29) is 11.8 Å². The van der Waals surface area contributed by atoms with Gasteiger partial charge >= 0.3 is 0 Å². The smallest absolute Gasteiger partial charge is 0.257 e. The molecule has 3 heterocycles. The quantitative estimate of drug-likeness (QED) is 0.861. The van der Waals surface area contributed by atoms with Crippen molar-refractivity contribution >= 4 is 11.8 Å². The molecule has 2 fully saturated rings. The Bertz CT molecular complexity index is 855. The first-order valence-corrected chi connectivity index (χ1v) is 9.92. The van der Waals surface area contributed by atoms with Gasteiger partial charge in [-0.2, -0.15) is 0 Å². The minimum atomic E-state index is -0.0492. The number of carbonyl (C=O) groups is 2. The molecular weight excluding hydrogens is 354 g/mol. The highest BCUT2D eigenvalue weighted by Crippen LogP contribution is 2.28. The predicted octanol–water partition coefficient (Wildman–Crippen LogP) is 2.34. The van der Waals surface area contributed by atoms with Gasteiger partial charge < -0.3 is 10.2 Å². The summed E-state index contributed by atoms with van der Waals surface area (Å²) in [5.41, 5.74) is 2.88. The van der Waals surface area contributed by atoms with Crippen molar-refractivity contribution in [3.8, 4) is 0 Å². The van der Waals surface area contributed by atoms with Crippen molar-refractivity contribution in [3.05, 3.63) is 53.4 Å². The number of carbonyl (C=O) groups excluding carboxylic acids is 2. The molecule has 0 bridgehead atoms. The van der Waals surface area contributed by atoms with Crippen LogP contribution < -0.4 is 5.32 Å². The summed E-state index contributed by atoms with van der Waals surface area (Å²) in [5.74, 6) is 0.912. The highest BCUT2D eigenvalue weighted by molar-refractivity contribution is 5.95. The van der Waals surface area contributed by atoms with Crippen molar-refractivity contribution in [2.75, 3.05) is 19.6 Å². The van der Waals surface area contributed by atoms with Gasteiger partial charge in [0.05, 0.1) is 16.8 Å². The largest absolute Gasteiger partial charge is 0.352 e. The maximum absolute atomic E-state index is 12.7. The average Bonchev–Trinajstić information content (AvgIpc) is 3.57. The van der Waals surface area contributed by atoms with E-state index < -0.39 is 0 Å². The monoisotopic (exact) mass is 379 g/mol. The van der Waals surface area contributed by atoms with Gasteiger partial charge in [-0.3, -0.25) is 14.6 Å². The Hall–Kier alpha value is -2.83. The summed E-state index contributed by atoms with van der Waals surface area (Å²) >= 11 is 0. The van der Waals surface area contributed by atoms with Gasteiger partial charge in [-0.15, -0.1) is 0 Å². The molecule has 0 radical (unpaired) electrons. The van der Waals surface area contributed by atoms with E-state index in [4.69, 9.17) is 0 Å². The number of hydrogen-bond acceptors (Lipinski definition) is 5. The maximum Gasteiger partial charge on any atom is 0.257 e. The zero-order chi connectivity index (χ0) is 19.5. The summed E-state index contributed by atoms with van der Waals surface area (Å²) in [6, 6.07) is 3.80. The first kappa shape index (κ1) is 18.5. The standard InChI is InChI=1S/C21H25N5O2/c1-14-18(12-22-13-25-14)21(28)26-8-6-16(7-9-26)19-5-4-17(11-23-19)20(27)24-10-15-2-3-15/h4-5,11-13,15-16H,2-3,6-10H2,1H3,(H,24,27). The van der Waals surface area contributed by atoms with E-state index in [0.717, 1.165) is 25.1 Å². The molecule has 7 nitrogen and oxygen atoms in total. The molecule has 2 aromatic rings. The second-order valence-electron chi connectivity index (χ2n) is 7.71.